The van der Waals surface area contributed by atoms with E-state index in [2.05, 4.69) is 50.8 Å². The second kappa shape index (κ2) is 8.17. The van der Waals surface area contributed by atoms with Crippen molar-refractivity contribution in [2.45, 2.75) is 51.5 Å². The van der Waals surface area contributed by atoms with Crippen molar-refractivity contribution in [2.75, 3.05) is 51.2 Å². The zero-order chi connectivity index (χ0) is 21.6. The van der Waals surface area contributed by atoms with Crippen LogP contribution in [0.1, 0.15) is 51.1 Å². The molecule has 0 radical (unpaired) electrons. The topological polar surface area (TPSA) is 51.3 Å². The SMILES string of the molecule is CCC(C)c1[nH]ncc1-c1ncc(F)cc1N1CCN(C2CCC3(C2)CN(C)C3)CC1. The van der Waals surface area contributed by atoms with Crippen LogP contribution in [0, 0.1) is 11.2 Å². The van der Waals surface area contributed by atoms with E-state index in [4.69, 9.17) is 0 Å². The van der Waals surface area contributed by atoms with Crippen LogP contribution in [0.25, 0.3) is 11.3 Å². The number of pyridine rings is 1. The predicted octanol–water partition coefficient (Wildman–Crippen LogP) is 3.73. The van der Waals surface area contributed by atoms with Gasteiger partial charge in [-0.1, -0.05) is 13.8 Å². The van der Waals surface area contributed by atoms with Gasteiger partial charge in [-0.2, -0.15) is 5.10 Å². The van der Waals surface area contributed by atoms with E-state index in [1.807, 2.05) is 6.20 Å². The van der Waals surface area contributed by atoms with E-state index in [-0.39, 0.29) is 5.82 Å². The molecule has 0 aromatic carbocycles. The molecule has 1 saturated carbocycles. The van der Waals surface area contributed by atoms with E-state index in [1.165, 1.54) is 38.5 Å². The molecule has 3 aliphatic rings. The first-order valence-corrected chi connectivity index (χ1v) is 11.8. The molecule has 5 rings (SSSR count). The summed E-state index contributed by atoms with van der Waals surface area (Å²) in [5, 5.41) is 7.44. The Balaban J connectivity index is 1.31. The number of piperazine rings is 1. The molecule has 1 spiro atoms. The maximum Gasteiger partial charge on any atom is 0.143 e. The number of hydrogen-bond donors (Lipinski definition) is 1. The van der Waals surface area contributed by atoms with Crippen LogP contribution in [0.5, 0.6) is 0 Å². The van der Waals surface area contributed by atoms with E-state index in [0.29, 0.717) is 17.4 Å². The first-order valence-electron chi connectivity index (χ1n) is 11.8. The number of nitrogens with zero attached hydrogens (tertiary/aromatic N) is 5. The zero-order valence-corrected chi connectivity index (χ0v) is 19.1. The number of likely N-dealkylation sites (tertiary alicyclic amines) is 1. The van der Waals surface area contributed by atoms with E-state index < -0.39 is 0 Å². The zero-order valence-electron chi connectivity index (χ0n) is 19.1. The molecule has 7 heteroatoms. The predicted molar refractivity (Wildman–Crippen MR) is 122 cm³/mol. The van der Waals surface area contributed by atoms with Gasteiger partial charge < -0.3 is 9.80 Å². The molecule has 6 nitrogen and oxygen atoms in total. The van der Waals surface area contributed by atoms with E-state index >= 15 is 0 Å². The van der Waals surface area contributed by atoms with Crippen molar-refractivity contribution in [1.29, 1.82) is 0 Å². The molecule has 168 valence electrons. The van der Waals surface area contributed by atoms with Gasteiger partial charge in [-0.05, 0) is 44.1 Å². The number of rotatable bonds is 5. The molecule has 31 heavy (non-hydrogen) atoms. The molecule has 0 bridgehead atoms. The highest BCUT2D eigenvalue weighted by Crippen LogP contribution is 2.46. The highest BCUT2D eigenvalue weighted by Gasteiger charge is 2.48. The molecule has 2 aromatic heterocycles. The molecular formula is C24H35FN6. The van der Waals surface area contributed by atoms with Crippen molar-refractivity contribution >= 4 is 5.69 Å². The first kappa shape index (κ1) is 20.9. The van der Waals surface area contributed by atoms with E-state index in [1.54, 1.807) is 6.07 Å². The summed E-state index contributed by atoms with van der Waals surface area (Å²) in [7, 11) is 2.23. The minimum atomic E-state index is -0.276. The monoisotopic (exact) mass is 426 g/mol. The normalized spacial score (nSPS) is 25.2. The van der Waals surface area contributed by atoms with Crippen molar-refractivity contribution in [3.8, 4) is 11.3 Å². The number of aromatic amines is 1. The van der Waals surface area contributed by atoms with Crippen LogP contribution < -0.4 is 4.90 Å². The average molecular weight is 427 g/mol. The molecule has 2 saturated heterocycles. The van der Waals surface area contributed by atoms with Crippen molar-refractivity contribution in [1.82, 2.24) is 25.0 Å². The van der Waals surface area contributed by atoms with E-state index in [9.17, 15) is 4.39 Å². The number of aromatic nitrogens is 3. The molecule has 0 amide bonds. The number of H-pyrrole nitrogens is 1. The lowest BCUT2D eigenvalue weighted by Gasteiger charge is -2.47. The van der Waals surface area contributed by atoms with Crippen LogP contribution in [0.2, 0.25) is 0 Å². The van der Waals surface area contributed by atoms with Crippen LogP contribution >= 0.6 is 0 Å². The van der Waals surface area contributed by atoms with Crippen molar-refractivity contribution in [2.24, 2.45) is 5.41 Å². The highest BCUT2D eigenvalue weighted by molar-refractivity contribution is 5.76. The molecule has 1 N–H and O–H groups in total. The third kappa shape index (κ3) is 3.87. The van der Waals surface area contributed by atoms with Crippen molar-refractivity contribution in [3.05, 3.63) is 30.0 Å². The maximum absolute atomic E-state index is 14.2. The molecule has 1 aliphatic carbocycles. The lowest BCUT2D eigenvalue weighted by Crippen LogP contribution is -2.54. The molecule has 2 aromatic rings. The summed E-state index contributed by atoms with van der Waals surface area (Å²) in [6.07, 6.45) is 8.23. The summed E-state index contributed by atoms with van der Waals surface area (Å²) in [5.74, 6) is 0.0795. The number of anilines is 1. The molecule has 2 aliphatic heterocycles. The number of hydrogen-bond acceptors (Lipinski definition) is 5. The van der Waals surface area contributed by atoms with Crippen LogP contribution in [-0.2, 0) is 0 Å². The van der Waals surface area contributed by atoms with Crippen molar-refractivity contribution < 1.29 is 4.39 Å². The fraction of sp³-hybridized carbons (Fsp3) is 0.667. The second-order valence-electron chi connectivity index (χ2n) is 10.1. The lowest BCUT2D eigenvalue weighted by atomic mass is 9.78. The van der Waals surface area contributed by atoms with Crippen LogP contribution in [0.15, 0.2) is 18.5 Å². The third-order valence-corrected chi connectivity index (χ3v) is 7.92. The first-order chi connectivity index (χ1) is 15.0. The smallest absolute Gasteiger partial charge is 0.143 e. The number of nitrogens with one attached hydrogen (secondary N) is 1. The highest BCUT2D eigenvalue weighted by atomic mass is 19.1. The average Bonchev–Trinajstić information content (AvgIpc) is 3.41. The van der Waals surface area contributed by atoms with Gasteiger partial charge in [0.1, 0.15) is 5.82 Å². The molecule has 2 atom stereocenters. The quantitative estimate of drug-likeness (QED) is 0.790. The Kier molecular flexibility index (Phi) is 5.51. The lowest BCUT2D eigenvalue weighted by molar-refractivity contribution is 0.0204. The van der Waals surface area contributed by atoms with Crippen LogP contribution in [0.4, 0.5) is 10.1 Å². The Morgan fingerprint density at radius 3 is 2.71 bits per heavy atom. The van der Waals surface area contributed by atoms with Gasteiger partial charge in [0.25, 0.3) is 0 Å². The minimum absolute atomic E-state index is 0.276. The fourth-order valence-electron chi connectivity index (χ4n) is 6.14. The summed E-state index contributed by atoms with van der Waals surface area (Å²) in [4.78, 5) is 12.0. The Morgan fingerprint density at radius 1 is 1.23 bits per heavy atom. The number of halogens is 1. The van der Waals surface area contributed by atoms with Gasteiger partial charge in [0.15, 0.2) is 0 Å². The standard InChI is InChI=1S/C24H35FN6/c1-4-17(2)22-20(14-27-28-22)23-21(11-18(25)13-26-23)31-9-7-30(8-10-31)19-5-6-24(12-19)15-29(3)16-24/h11,13-14,17,19H,4-10,12,15-16H2,1-3H3,(H,27,28). The van der Waals surface area contributed by atoms with Gasteiger partial charge in [-0.15, -0.1) is 0 Å². The second-order valence-corrected chi connectivity index (χ2v) is 10.1. The Morgan fingerprint density at radius 2 is 2.00 bits per heavy atom. The van der Waals surface area contributed by atoms with Gasteiger partial charge in [-0.3, -0.25) is 15.0 Å². The fourth-order valence-corrected chi connectivity index (χ4v) is 6.14. The molecular weight excluding hydrogens is 391 g/mol. The Bertz CT molecular complexity index is 913. The Labute approximate surface area is 184 Å². The van der Waals surface area contributed by atoms with Crippen molar-refractivity contribution in [3.63, 3.8) is 0 Å². The van der Waals surface area contributed by atoms with Gasteiger partial charge in [0.2, 0.25) is 0 Å². The third-order valence-electron chi connectivity index (χ3n) is 7.92. The van der Waals surface area contributed by atoms with Crippen LogP contribution in [-0.4, -0.2) is 77.3 Å². The van der Waals surface area contributed by atoms with Gasteiger partial charge >= 0.3 is 0 Å². The molecule has 3 fully saturated rings. The maximum atomic E-state index is 14.2. The van der Waals surface area contributed by atoms with Gasteiger partial charge in [0.05, 0.1) is 23.8 Å². The summed E-state index contributed by atoms with van der Waals surface area (Å²) in [6.45, 7) is 10.8. The summed E-state index contributed by atoms with van der Waals surface area (Å²) in [6, 6.07) is 2.37. The summed E-state index contributed by atoms with van der Waals surface area (Å²) >= 11 is 0. The molecule has 2 unspecified atom stereocenters. The van der Waals surface area contributed by atoms with E-state index in [0.717, 1.165) is 55.2 Å². The van der Waals surface area contributed by atoms with Gasteiger partial charge in [-0.25, -0.2) is 4.39 Å². The molecule has 4 heterocycles. The summed E-state index contributed by atoms with van der Waals surface area (Å²) in [5.41, 5.74) is 4.41. The largest absolute Gasteiger partial charge is 0.367 e. The minimum Gasteiger partial charge on any atom is -0.367 e. The Hall–Kier alpha value is -1.99. The van der Waals surface area contributed by atoms with Crippen LogP contribution in [0.3, 0.4) is 0 Å². The van der Waals surface area contributed by atoms with Gasteiger partial charge in [0, 0.05) is 62.6 Å². The summed E-state index contributed by atoms with van der Waals surface area (Å²) < 4.78 is 14.2.